The van der Waals surface area contributed by atoms with E-state index in [1.807, 2.05) is 13.8 Å². The summed E-state index contributed by atoms with van der Waals surface area (Å²) in [6.07, 6.45) is 0.638. The van der Waals surface area contributed by atoms with Crippen LogP contribution in [-0.2, 0) is 9.53 Å². The predicted molar refractivity (Wildman–Crippen MR) is 47.1 cm³/mol. The van der Waals surface area contributed by atoms with Gasteiger partial charge in [-0.05, 0) is 20.3 Å². The Bertz CT molecular complexity index is 198. The molecule has 3 nitrogen and oxygen atoms in total. The highest BCUT2D eigenvalue weighted by Gasteiger charge is 2.43. The fraction of sp³-hybridized carbons (Fsp3) is 0.889. The molecule has 1 saturated heterocycles. The number of amides is 1. The SMILES string of the molecule is CC1OCCC1(C)C(=O)NCCF. The summed E-state index contributed by atoms with van der Waals surface area (Å²) < 4.78 is 17.1. The van der Waals surface area contributed by atoms with E-state index in [1.165, 1.54) is 0 Å². The molecule has 0 spiro atoms. The molecule has 1 amide bonds. The molecule has 0 aromatic carbocycles. The number of hydrogen-bond donors (Lipinski definition) is 1. The molecule has 2 unspecified atom stereocenters. The van der Waals surface area contributed by atoms with Crippen LogP contribution in [0.2, 0.25) is 0 Å². The number of carbonyl (C=O) groups is 1. The van der Waals surface area contributed by atoms with E-state index in [9.17, 15) is 9.18 Å². The van der Waals surface area contributed by atoms with Crippen molar-refractivity contribution in [2.24, 2.45) is 5.41 Å². The Morgan fingerprint density at radius 3 is 2.92 bits per heavy atom. The van der Waals surface area contributed by atoms with Crippen molar-refractivity contribution >= 4 is 5.91 Å². The van der Waals surface area contributed by atoms with Crippen LogP contribution in [0.5, 0.6) is 0 Å². The van der Waals surface area contributed by atoms with E-state index >= 15 is 0 Å². The van der Waals surface area contributed by atoms with Gasteiger partial charge in [-0.25, -0.2) is 4.39 Å². The van der Waals surface area contributed by atoms with E-state index in [0.29, 0.717) is 13.0 Å². The van der Waals surface area contributed by atoms with Gasteiger partial charge in [0.25, 0.3) is 0 Å². The first kappa shape index (κ1) is 10.4. The van der Waals surface area contributed by atoms with Crippen LogP contribution in [0.4, 0.5) is 4.39 Å². The predicted octanol–water partition coefficient (Wildman–Crippen LogP) is 0.887. The summed E-state index contributed by atoms with van der Waals surface area (Å²) in [5.74, 6) is -0.102. The lowest BCUT2D eigenvalue weighted by Gasteiger charge is -2.25. The number of rotatable bonds is 3. The Morgan fingerprint density at radius 1 is 1.77 bits per heavy atom. The summed E-state index contributed by atoms with van der Waals surface area (Å²) in [7, 11) is 0. The highest BCUT2D eigenvalue weighted by atomic mass is 19.1. The van der Waals surface area contributed by atoms with Gasteiger partial charge in [-0.15, -0.1) is 0 Å². The summed E-state index contributed by atoms with van der Waals surface area (Å²) in [4.78, 5) is 11.6. The van der Waals surface area contributed by atoms with Gasteiger partial charge in [-0.2, -0.15) is 0 Å². The average molecular weight is 189 g/mol. The maximum atomic E-state index is 11.8. The normalized spacial score (nSPS) is 33.3. The van der Waals surface area contributed by atoms with Gasteiger partial charge in [0.2, 0.25) is 5.91 Å². The Balaban J connectivity index is 2.53. The van der Waals surface area contributed by atoms with E-state index in [0.717, 1.165) is 0 Å². The van der Waals surface area contributed by atoms with Crippen LogP contribution in [0.3, 0.4) is 0 Å². The van der Waals surface area contributed by atoms with Crippen LogP contribution >= 0.6 is 0 Å². The van der Waals surface area contributed by atoms with Crippen LogP contribution < -0.4 is 5.32 Å². The molecule has 1 fully saturated rings. The maximum absolute atomic E-state index is 11.8. The van der Waals surface area contributed by atoms with Gasteiger partial charge in [0.05, 0.1) is 11.5 Å². The molecule has 4 heteroatoms. The zero-order valence-electron chi connectivity index (χ0n) is 8.10. The van der Waals surface area contributed by atoms with Crippen LogP contribution in [0.1, 0.15) is 20.3 Å². The molecule has 1 heterocycles. The lowest BCUT2D eigenvalue weighted by atomic mass is 9.83. The van der Waals surface area contributed by atoms with Gasteiger partial charge in [0.1, 0.15) is 6.67 Å². The summed E-state index contributed by atoms with van der Waals surface area (Å²) in [5.41, 5.74) is -0.477. The van der Waals surface area contributed by atoms with Gasteiger partial charge >= 0.3 is 0 Å². The number of nitrogens with one attached hydrogen (secondary N) is 1. The molecule has 0 aliphatic carbocycles. The van der Waals surface area contributed by atoms with E-state index in [-0.39, 0.29) is 18.6 Å². The molecule has 0 aromatic rings. The molecular formula is C9H16FNO2. The topological polar surface area (TPSA) is 38.3 Å². The molecule has 76 valence electrons. The second-order valence-corrected chi connectivity index (χ2v) is 3.63. The summed E-state index contributed by atoms with van der Waals surface area (Å²) in [5, 5.41) is 2.55. The van der Waals surface area contributed by atoms with E-state index in [1.54, 1.807) is 0 Å². The second kappa shape index (κ2) is 4.05. The standard InChI is InChI=1S/C9H16FNO2/c1-7-9(2,3-6-13-7)8(12)11-5-4-10/h7H,3-6H2,1-2H3,(H,11,12). The third kappa shape index (κ3) is 1.99. The highest BCUT2D eigenvalue weighted by molar-refractivity contribution is 5.83. The van der Waals surface area contributed by atoms with Crippen molar-refractivity contribution in [3.05, 3.63) is 0 Å². The molecule has 0 saturated carbocycles. The molecular weight excluding hydrogens is 173 g/mol. The zero-order chi connectivity index (χ0) is 9.90. The van der Waals surface area contributed by atoms with Crippen molar-refractivity contribution in [1.29, 1.82) is 0 Å². The molecule has 1 rings (SSSR count). The van der Waals surface area contributed by atoms with Crippen molar-refractivity contribution in [3.63, 3.8) is 0 Å². The molecule has 0 radical (unpaired) electrons. The largest absolute Gasteiger partial charge is 0.377 e. The molecule has 1 aliphatic rings. The Morgan fingerprint density at radius 2 is 2.46 bits per heavy atom. The molecule has 1 N–H and O–H groups in total. The first-order valence-corrected chi connectivity index (χ1v) is 4.57. The summed E-state index contributed by atoms with van der Waals surface area (Å²) in [6.45, 7) is 3.93. The Labute approximate surface area is 77.6 Å². The fourth-order valence-electron chi connectivity index (χ4n) is 1.50. The number of ether oxygens (including phenoxy) is 1. The smallest absolute Gasteiger partial charge is 0.228 e. The maximum Gasteiger partial charge on any atom is 0.228 e. The molecule has 13 heavy (non-hydrogen) atoms. The summed E-state index contributed by atoms with van der Waals surface area (Å²) in [6, 6.07) is 0. The van der Waals surface area contributed by atoms with Gasteiger partial charge < -0.3 is 10.1 Å². The van der Waals surface area contributed by atoms with Crippen molar-refractivity contribution in [2.75, 3.05) is 19.8 Å². The van der Waals surface area contributed by atoms with Crippen molar-refractivity contribution in [3.8, 4) is 0 Å². The minimum absolute atomic E-state index is 0.0767. The first-order valence-electron chi connectivity index (χ1n) is 4.57. The van der Waals surface area contributed by atoms with Gasteiger partial charge in [0, 0.05) is 13.2 Å². The number of halogens is 1. The highest BCUT2D eigenvalue weighted by Crippen LogP contribution is 2.34. The minimum Gasteiger partial charge on any atom is -0.377 e. The third-order valence-corrected chi connectivity index (χ3v) is 2.79. The Hall–Kier alpha value is -0.640. The number of hydrogen-bond acceptors (Lipinski definition) is 2. The monoisotopic (exact) mass is 189 g/mol. The van der Waals surface area contributed by atoms with E-state index < -0.39 is 12.1 Å². The third-order valence-electron chi connectivity index (χ3n) is 2.79. The van der Waals surface area contributed by atoms with Crippen molar-refractivity contribution in [2.45, 2.75) is 26.4 Å². The van der Waals surface area contributed by atoms with Gasteiger partial charge in [0.15, 0.2) is 0 Å². The van der Waals surface area contributed by atoms with Gasteiger partial charge in [-0.3, -0.25) is 4.79 Å². The summed E-state index contributed by atoms with van der Waals surface area (Å²) >= 11 is 0. The van der Waals surface area contributed by atoms with Crippen molar-refractivity contribution < 1.29 is 13.9 Å². The Kier molecular flexibility index (Phi) is 3.25. The molecule has 1 aliphatic heterocycles. The molecule has 2 atom stereocenters. The lowest BCUT2D eigenvalue weighted by molar-refractivity contribution is -0.132. The first-order chi connectivity index (χ1) is 6.11. The minimum atomic E-state index is -0.517. The van der Waals surface area contributed by atoms with Crippen LogP contribution in [0, 0.1) is 5.41 Å². The fourth-order valence-corrected chi connectivity index (χ4v) is 1.50. The number of alkyl halides is 1. The van der Waals surface area contributed by atoms with Gasteiger partial charge in [-0.1, -0.05) is 0 Å². The average Bonchev–Trinajstić information content (AvgIpc) is 2.44. The second-order valence-electron chi connectivity index (χ2n) is 3.63. The quantitative estimate of drug-likeness (QED) is 0.716. The van der Waals surface area contributed by atoms with Crippen LogP contribution in [-0.4, -0.2) is 31.8 Å². The number of carbonyl (C=O) groups excluding carboxylic acids is 1. The molecule has 0 aromatic heterocycles. The lowest BCUT2D eigenvalue weighted by Crippen LogP contribution is -2.43. The van der Waals surface area contributed by atoms with Crippen molar-refractivity contribution in [1.82, 2.24) is 5.32 Å². The molecule has 0 bridgehead atoms. The van der Waals surface area contributed by atoms with E-state index in [2.05, 4.69) is 5.32 Å². The van der Waals surface area contributed by atoms with Crippen LogP contribution in [0.25, 0.3) is 0 Å². The van der Waals surface area contributed by atoms with Crippen LogP contribution in [0.15, 0.2) is 0 Å². The van der Waals surface area contributed by atoms with E-state index in [4.69, 9.17) is 4.74 Å². The zero-order valence-corrected chi connectivity index (χ0v) is 8.10.